The Morgan fingerprint density at radius 2 is 2.25 bits per heavy atom. The standard InChI is InChI=1S/C9H9ClF2N2O2/c10-8-7(9(11)12)5(2-13)4(3-14-8)1-6(15)16/h3,9H,1-2,13H2,(H,15,16). The summed E-state index contributed by atoms with van der Waals surface area (Å²) in [4.78, 5) is 14.0. The number of aromatic nitrogens is 1. The summed E-state index contributed by atoms with van der Waals surface area (Å²) in [7, 11) is 0. The molecule has 7 heteroatoms. The molecule has 16 heavy (non-hydrogen) atoms. The van der Waals surface area contributed by atoms with E-state index in [0.29, 0.717) is 0 Å². The van der Waals surface area contributed by atoms with Crippen LogP contribution in [-0.2, 0) is 17.8 Å². The van der Waals surface area contributed by atoms with Gasteiger partial charge in [-0.2, -0.15) is 0 Å². The second-order valence-corrected chi connectivity index (χ2v) is 3.40. The lowest BCUT2D eigenvalue weighted by molar-refractivity contribution is -0.136. The quantitative estimate of drug-likeness (QED) is 0.799. The molecule has 1 aromatic heterocycles. The van der Waals surface area contributed by atoms with Crippen molar-refractivity contribution in [2.45, 2.75) is 19.4 Å². The second kappa shape index (κ2) is 5.18. The van der Waals surface area contributed by atoms with Gasteiger partial charge in [0.25, 0.3) is 6.43 Å². The number of rotatable bonds is 4. The van der Waals surface area contributed by atoms with E-state index in [2.05, 4.69) is 4.98 Å². The van der Waals surface area contributed by atoms with Crippen molar-refractivity contribution in [1.82, 2.24) is 4.98 Å². The van der Waals surface area contributed by atoms with Gasteiger partial charge in [0.15, 0.2) is 0 Å². The van der Waals surface area contributed by atoms with E-state index < -0.39 is 24.4 Å². The van der Waals surface area contributed by atoms with Crippen molar-refractivity contribution in [2.75, 3.05) is 0 Å². The normalized spacial score (nSPS) is 10.8. The molecular formula is C9H9ClF2N2O2. The molecule has 0 aliphatic rings. The maximum Gasteiger partial charge on any atom is 0.307 e. The molecule has 1 aromatic rings. The van der Waals surface area contributed by atoms with Crippen LogP contribution in [0.15, 0.2) is 6.20 Å². The molecule has 0 atom stereocenters. The highest BCUT2D eigenvalue weighted by Crippen LogP contribution is 2.30. The van der Waals surface area contributed by atoms with Crippen LogP contribution < -0.4 is 5.73 Å². The Labute approximate surface area is 95.0 Å². The highest BCUT2D eigenvalue weighted by atomic mass is 35.5. The second-order valence-electron chi connectivity index (χ2n) is 3.04. The number of carboxylic acids is 1. The number of aliphatic carboxylic acids is 1. The molecule has 0 aromatic carbocycles. The number of nitrogens with zero attached hydrogens (tertiary/aromatic N) is 1. The molecule has 3 N–H and O–H groups in total. The van der Waals surface area contributed by atoms with Crippen LogP contribution in [0.5, 0.6) is 0 Å². The molecule has 88 valence electrons. The van der Waals surface area contributed by atoms with E-state index in [0.717, 1.165) is 6.20 Å². The fraction of sp³-hybridized carbons (Fsp3) is 0.333. The predicted octanol–water partition coefficient (Wildman–Crippen LogP) is 1.76. The molecule has 0 aliphatic carbocycles. The smallest absolute Gasteiger partial charge is 0.307 e. The van der Waals surface area contributed by atoms with Crippen LogP contribution >= 0.6 is 11.6 Å². The van der Waals surface area contributed by atoms with E-state index in [1.165, 1.54) is 0 Å². The summed E-state index contributed by atoms with van der Waals surface area (Å²) in [5.74, 6) is -1.14. The number of pyridine rings is 1. The lowest BCUT2D eigenvalue weighted by atomic mass is 10.0. The Morgan fingerprint density at radius 3 is 2.69 bits per heavy atom. The first-order valence-electron chi connectivity index (χ1n) is 4.33. The minimum absolute atomic E-state index is 0.0531. The van der Waals surface area contributed by atoms with Gasteiger partial charge in [0.2, 0.25) is 0 Å². The molecule has 4 nitrogen and oxygen atoms in total. The Morgan fingerprint density at radius 1 is 1.62 bits per heavy atom. The van der Waals surface area contributed by atoms with Gasteiger partial charge in [-0.1, -0.05) is 11.6 Å². The van der Waals surface area contributed by atoms with E-state index >= 15 is 0 Å². The fourth-order valence-corrected chi connectivity index (χ4v) is 1.60. The largest absolute Gasteiger partial charge is 0.481 e. The fourth-order valence-electron chi connectivity index (χ4n) is 1.36. The van der Waals surface area contributed by atoms with Gasteiger partial charge >= 0.3 is 5.97 Å². The van der Waals surface area contributed by atoms with Crippen LogP contribution in [0.2, 0.25) is 5.15 Å². The highest BCUT2D eigenvalue weighted by Gasteiger charge is 2.21. The molecule has 1 rings (SSSR count). The Bertz CT molecular complexity index is 413. The van der Waals surface area contributed by atoms with E-state index in [4.69, 9.17) is 22.4 Å². The molecule has 0 saturated carbocycles. The number of carbonyl (C=O) groups is 1. The highest BCUT2D eigenvalue weighted by molar-refractivity contribution is 6.30. The maximum absolute atomic E-state index is 12.7. The number of alkyl halides is 2. The topological polar surface area (TPSA) is 76.2 Å². The molecule has 0 unspecified atom stereocenters. The van der Waals surface area contributed by atoms with E-state index in [9.17, 15) is 13.6 Å². The molecule has 1 heterocycles. The lowest BCUT2D eigenvalue weighted by Gasteiger charge is -2.12. The summed E-state index contributed by atoms with van der Waals surface area (Å²) in [6.07, 6.45) is -2.08. The molecule has 0 fully saturated rings. The number of carboxylic acid groups (broad SMARTS) is 1. The summed E-state index contributed by atoms with van der Waals surface area (Å²) < 4.78 is 25.3. The summed E-state index contributed by atoms with van der Waals surface area (Å²) in [6, 6.07) is 0. The first-order chi connectivity index (χ1) is 7.47. The molecule has 0 saturated heterocycles. The zero-order chi connectivity index (χ0) is 12.3. The summed E-state index contributed by atoms with van der Waals surface area (Å²) >= 11 is 5.52. The lowest BCUT2D eigenvalue weighted by Crippen LogP contribution is -2.11. The molecule has 0 aliphatic heterocycles. The summed E-state index contributed by atoms with van der Waals surface area (Å²) in [6.45, 7) is -0.204. The van der Waals surface area contributed by atoms with Crippen LogP contribution in [0.3, 0.4) is 0 Å². The van der Waals surface area contributed by atoms with E-state index in [1.54, 1.807) is 0 Å². The Hall–Kier alpha value is -1.27. The summed E-state index contributed by atoms with van der Waals surface area (Å²) in [5.41, 5.74) is 5.05. The maximum atomic E-state index is 12.7. The third-order valence-electron chi connectivity index (χ3n) is 2.03. The van der Waals surface area contributed by atoms with E-state index in [1.807, 2.05) is 0 Å². The van der Waals surface area contributed by atoms with Gasteiger partial charge < -0.3 is 10.8 Å². The van der Waals surface area contributed by atoms with Crippen LogP contribution in [-0.4, -0.2) is 16.1 Å². The van der Waals surface area contributed by atoms with Gasteiger partial charge in [-0.25, -0.2) is 13.8 Å². The van der Waals surface area contributed by atoms with Crippen molar-refractivity contribution < 1.29 is 18.7 Å². The molecule has 0 amide bonds. The van der Waals surface area contributed by atoms with Crippen molar-refractivity contribution in [2.24, 2.45) is 5.73 Å². The van der Waals surface area contributed by atoms with Crippen LogP contribution in [0.25, 0.3) is 0 Å². The van der Waals surface area contributed by atoms with Crippen molar-refractivity contribution >= 4 is 17.6 Å². The van der Waals surface area contributed by atoms with Crippen LogP contribution in [0, 0.1) is 0 Å². The summed E-state index contributed by atoms with van der Waals surface area (Å²) in [5, 5.41) is 8.25. The SMILES string of the molecule is NCc1c(CC(=O)O)cnc(Cl)c1C(F)F. The third-order valence-corrected chi connectivity index (χ3v) is 2.33. The van der Waals surface area contributed by atoms with Gasteiger partial charge in [-0.3, -0.25) is 4.79 Å². The number of halogens is 3. The Kier molecular flexibility index (Phi) is 4.14. The predicted molar refractivity (Wildman–Crippen MR) is 53.4 cm³/mol. The average molecular weight is 251 g/mol. The molecule has 0 bridgehead atoms. The average Bonchev–Trinajstić information content (AvgIpc) is 2.18. The van der Waals surface area contributed by atoms with Gasteiger partial charge in [-0.05, 0) is 11.1 Å². The number of hydrogen-bond donors (Lipinski definition) is 2. The zero-order valence-electron chi connectivity index (χ0n) is 8.08. The van der Waals surface area contributed by atoms with Crippen molar-refractivity contribution in [3.8, 4) is 0 Å². The van der Waals surface area contributed by atoms with Gasteiger partial charge in [0, 0.05) is 12.7 Å². The number of hydrogen-bond acceptors (Lipinski definition) is 3. The zero-order valence-corrected chi connectivity index (χ0v) is 8.84. The first-order valence-corrected chi connectivity index (χ1v) is 4.71. The third kappa shape index (κ3) is 2.65. The van der Waals surface area contributed by atoms with Crippen LogP contribution in [0.1, 0.15) is 23.1 Å². The van der Waals surface area contributed by atoms with Crippen LogP contribution in [0.4, 0.5) is 8.78 Å². The van der Waals surface area contributed by atoms with Crippen molar-refractivity contribution in [3.63, 3.8) is 0 Å². The van der Waals surface area contributed by atoms with Gasteiger partial charge in [-0.15, -0.1) is 0 Å². The molecule has 0 radical (unpaired) electrons. The van der Waals surface area contributed by atoms with Gasteiger partial charge in [0.1, 0.15) is 5.15 Å². The van der Waals surface area contributed by atoms with Crippen molar-refractivity contribution in [3.05, 3.63) is 28.0 Å². The minimum Gasteiger partial charge on any atom is -0.481 e. The molecular weight excluding hydrogens is 242 g/mol. The minimum atomic E-state index is -2.83. The molecule has 0 spiro atoms. The van der Waals surface area contributed by atoms with Gasteiger partial charge in [0.05, 0.1) is 12.0 Å². The van der Waals surface area contributed by atoms with Crippen molar-refractivity contribution in [1.29, 1.82) is 0 Å². The first kappa shape index (κ1) is 12.8. The number of nitrogens with two attached hydrogens (primary N) is 1. The Balaban J connectivity index is 3.30. The monoisotopic (exact) mass is 250 g/mol. The van der Waals surface area contributed by atoms with E-state index in [-0.39, 0.29) is 22.8 Å².